The van der Waals surface area contributed by atoms with E-state index < -0.39 is 0 Å². The van der Waals surface area contributed by atoms with Crippen LogP contribution in [-0.2, 0) is 11.8 Å². The Bertz CT molecular complexity index is 582. The van der Waals surface area contributed by atoms with Crippen molar-refractivity contribution in [1.82, 2.24) is 9.97 Å². The molecule has 2 aromatic rings. The second-order valence-electron chi connectivity index (χ2n) is 5.87. The van der Waals surface area contributed by atoms with Crippen molar-refractivity contribution >= 4 is 17.2 Å². The summed E-state index contributed by atoms with van der Waals surface area (Å²) >= 11 is 1.79. The summed E-state index contributed by atoms with van der Waals surface area (Å²) in [5.41, 5.74) is 1.26. The summed E-state index contributed by atoms with van der Waals surface area (Å²) < 4.78 is 0. The molecule has 0 aliphatic carbocycles. The molecule has 0 aliphatic heterocycles. The molecule has 0 fully saturated rings. The second-order valence-corrected chi connectivity index (χ2v) is 6.95. The molecule has 0 aromatic carbocycles. The number of nitrogens with zero attached hydrogens (tertiary/aromatic N) is 2. The van der Waals surface area contributed by atoms with Crippen molar-refractivity contribution in [1.29, 1.82) is 0 Å². The van der Waals surface area contributed by atoms with Crippen LogP contribution in [0.2, 0.25) is 0 Å². The molecule has 0 spiro atoms. The summed E-state index contributed by atoms with van der Waals surface area (Å²) in [6.07, 6.45) is 0.922. The lowest BCUT2D eigenvalue weighted by atomic mass is 9.95. The molecule has 0 atom stereocenters. The molecular weight excluding hydrogens is 266 g/mol. The topological polar surface area (TPSA) is 37.8 Å². The zero-order valence-electron chi connectivity index (χ0n) is 12.9. The highest BCUT2D eigenvalue weighted by atomic mass is 32.1. The largest absolute Gasteiger partial charge is 0.370 e. The first kappa shape index (κ1) is 15.0. The minimum Gasteiger partial charge on any atom is -0.370 e. The van der Waals surface area contributed by atoms with Crippen molar-refractivity contribution < 1.29 is 0 Å². The Balaban J connectivity index is 2.41. The van der Waals surface area contributed by atoms with Crippen molar-refractivity contribution in [3.63, 3.8) is 0 Å². The summed E-state index contributed by atoms with van der Waals surface area (Å²) in [7, 11) is 0. The smallest absolute Gasteiger partial charge is 0.171 e. The Kier molecular flexibility index (Phi) is 4.43. The van der Waals surface area contributed by atoms with Crippen LogP contribution in [0, 0.1) is 0 Å². The van der Waals surface area contributed by atoms with Gasteiger partial charge in [0.25, 0.3) is 0 Å². The Morgan fingerprint density at radius 3 is 2.45 bits per heavy atom. The molecule has 20 heavy (non-hydrogen) atoms. The van der Waals surface area contributed by atoms with Crippen LogP contribution in [0.15, 0.2) is 18.2 Å². The van der Waals surface area contributed by atoms with Gasteiger partial charge in [0.1, 0.15) is 5.82 Å². The maximum atomic E-state index is 4.66. The van der Waals surface area contributed by atoms with E-state index >= 15 is 0 Å². The monoisotopic (exact) mass is 289 g/mol. The van der Waals surface area contributed by atoms with Gasteiger partial charge in [-0.05, 0) is 30.9 Å². The maximum absolute atomic E-state index is 4.66. The van der Waals surface area contributed by atoms with Crippen LogP contribution in [0.5, 0.6) is 0 Å². The van der Waals surface area contributed by atoms with Gasteiger partial charge in [0.2, 0.25) is 0 Å². The molecule has 0 saturated heterocycles. The maximum Gasteiger partial charge on any atom is 0.171 e. The third kappa shape index (κ3) is 3.37. The molecule has 1 N–H and O–H groups in total. The van der Waals surface area contributed by atoms with Crippen molar-refractivity contribution in [2.45, 2.75) is 46.5 Å². The van der Waals surface area contributed by atoms with Gasteiger partial charge in [-0.15, -0.1) is 11.3 Å². The van der Waals surface area contributed by atoms with Crippen LogP contribution in [0.3, 0.4) is 0 Å². The number of rotatable bonds is 4. The highest BCUT2D eigenvalue weighted by Gasteiger charge is 2.17. The van der Waals surface area contributed by atoms with E-state index in [1.165, 1.54) is 4.88 Å². The number of aromatic nitrogens is 2. The van der Waals surface area contributed by atoms with Crippen LogP contribution in [0.1, 0.15) is 45.2 Å². The van der Waals surface area contributed by atoms with E-state index in [4.69, 9.17) is 0 Å². The standard InChI is InChI=1S/C16H23N3S/c1-6-11-10-14(17-7-2)19-15(18-11)12-8-9-13(20-12)16(3,4)5/h8-10H,6-7H2,1-5H3,(H,17,18,19). The summed E-state index contributed by atoms with van der Waals surface area (Å²) in [6, 6.07) is 6.36. The van der Waals surface area contributed by atoms with Crippen molar-refractivity contribution in [3.05, 3.63) is 28.8 Å². The average Bonchev–Trinajstić information content (AvgIpc) is 2.88. The normalized spacial score (nSPS) is 11.7. The van der Waals surface area contributed by atoms with E-state index in [0.29, 0.717) is 0 Å². The zero-order valence-corrected chi connectivity index (χ0v) is 13.8. The number of hydrogen-bond acceptors (Lipinski definition) is 4. The molecule has 2 rings (SSSR count). The Morgan fingerprint density at radius 1 is 1.15 bits per heavy atom. The number of aryl methyl sites for hydroxylation is 1. The lowest BCUT2D eigenvalue weighted by Gasteiger charge is -2.15. The van der Waals surface area contributed by atoms with E-state index in [-0.39, 0.29) is 5.41 Å². The fourth-order valence-electron chi connectivity index (χ4n) is 1.92. The lowest BCUT2D eigenvalue weighted by molar-refractivity contribution is 0.604. The number of thiophene rings is 1. The molecule has 108 valence electrons. The Hall–Kier alpha value is -1.42. The number of hydrogen-bond donors (Lipinski definition) is 1. The first-order valence-electron chi connectivity index (χ1n) is 7.16. The molecule has 0 unspecified atom stereocenters. The molecule has 0 radical (unpaired) electrons. The van der Waals surface area contributed by atoms with Gasteiger partial charge >= 0.3 is 0 Å². The molecule has 3 nitrogen and oxygen atoms in total. The predicted molar refractivity (Wildman–Crippen MR) is 87.6 cm³/mol. The number of nitrogens with one attached hydrogen (secondary N) is 1. The van der Waals surface area contributed by atoms with Crippen molar-refractivity contribution in [3.8, 4) is 10.7 Å². The third-order valence-corrected chi connectivity index (χ3v) is 4.57. The van der Waals surface area contributed by atoms with E-state index in [1.54, 1.807) is 11.3 Å². The Labute approximate surface area is 125 Å². The van der Waals surface area contributed by atoms with Gasteiger partial charge in [-0.3, -0.25) is 0 Å². The molecule has 4 heteroatoms. The molecule has 0 aliphatic rings. The molecule has 2 aromatic heterocycles. The minimum absolute atomic E-state index is 0.176. The fourth-order valence-corrected chi connectivity index (χ4v) is 2.92. The van der Waals surface area contributed by atoms with Gasteiger partial charge in [-0.2, -0.15) is 0 Å². The average molecular weight is 289 g/mol. The summed E-state index contributed by atoms with van der Waals surface area (Å²) in [6.45, 7) is 11.8. The Morgan fingerprint density at radius 2 is 1.90 bits per heavy atom. The summed E-state index contributed by atoms with van der Waals surface area (Å²) in [5.74, 6) is 1.75. The fraction of sp³-hybridized carbons (Fsp3) is 0.500. The van der Waals surface area contributed by atoms with E-state index in [1.807, 2.05) is 6.07 Å². The molecular formula is C16H23N3S. The minimum atomic E-state index is 0.176. The molecule has 0 amide bonds. The van der Waals surface area contributed by atoms with Crippen molar-refractivity contribution in [2.24, 2.45) is 0 Å². The first-order valence-corrected chi connectivity index (χ1v) is 7.98. The van der Waals surface area contributed by atoms with E-state index in [9.17, 15) is 0 Å². The van der Waals surface area contributed by atoms with Crippen LogP contribution in [-0.4, -0.2) is 16.5 Å². The van der Waals surface area contributed by atoms with Crippen molar-refractivity contribution in [2.75, 3.05) is 11.9 Å². The highest BCUT2D eigenvalue weighted by molar-refractivity contribution is 7.15. The molecule has 0 saturated carbocycles. The van der Waals surface area contributed by atoms with Crippen LogP contribution >= 0.6 is 11.3 Å². The van der Waals surface area contributed by atoms with Gasteiger partial charge < -0.3 is 5.32 Å². The SMILES string of the molecule is CCNc1cc(CC)nc(-c2ccc(C(C)(C)C)s2)n1. The van der Waals surface area contributed by atoms with E-state index in [0.717, 1.165) is 35.2 Å². The van der Waals surface area contributed by atoms with Gasteiger partial charge in [-0.1, -0.05) is 27.7 Å². The first-order chi connectivity index (χ1) is 9.44. The quantitative estimate of drug-likeness (QED) is 0.900. The van der Waals surface area contributed by atoms with Gasteiger partial charge in [0.05, 0.1) is 4.88 Å². The van der Waals surface area contributed by atoms with Crippen LogP contribution in [0.4, 0.5) is 5.82 Å². The molecule has 0 bridgehead atoms. The zero-order chi connectivity index (χ0) is 14.8. The van der Waals surface area contributed by atoms with Gasteiger partial charge in [0, 0.05) is 23.2 Å². The highest BCUT2D eigenvalue weighted by Crippen LogP contribution is 2.34. The number of anilines is 1. The van der Waals surface area contributed by atoms with E-state index in [2.05, 4.69) is 62.0 Å². The second kappa shape index (κ2) is 5.92. The van der Waals surface area contributed by atoms with Gasteiger partial charge in [-0.25, -0.2) is 9.97 Å². The van der Waals surface area contributed by atoms with Crippen LogP contribution in [0.25, 0.3) is 10.7 Å². The van der Waals surface area contributed by atoms with Gasteiger partial charge in [0.15, 0.2) is 5.82 Å². The lowest BCUT2D eigenvalue weighted by Crippen LogP contribution is -2.07. The summed E-state index contributed by atoms with van der Waals surface area (Å²) in [4.78, 5) is 11.8. The van der Waals surface area contributed by atoms with Crippen LogP contribution < -0.4 is 5.32 Å². The molecule has 2 heterocycles. The predicted octanol–water partition coefficient (Wildman–Crippen LogP) is 4.50. The third-order valence-electron chi connectivity index (χ3n) is 3.06. The summed E-state index contributed by atoms with van der Waals surface area (Å²) in [5, 5.41) is 3.28.